The van der Waals surface area contributed by atoms with E-state index < -0.39 is 5.51 Å². The van der Waals surface area contributed by atoms with E-state index in [1.165, 1.54) is 4.31 Å². The largest absolute Gasteiger partial charge is 0.475 e. The van der Waals surface area contributed by atoms with Crippen LogP contribution >= 0.6 is 35.1 Å². The van der Waals surface area contributed by atoms with Crippen molar-refractivity contribution >= 4 is 51.7 Å². The highest BCUT2D eigenvalue weighted by Crippen LogP contribution is 2.38. The maximum absolute atomic E-state index is 13.0. The van der Waals surface area contributed by atoms with Crippen LogP contribution in [0.15, 0.2) is 72.8 Å². The first kappa shape index (κ1) is 44.2. The highest BCUT2D eigenvalue weighted by molar-refractivity contribution is 7.97. The summed E-state index contributed by atoms with van der Waals surface area (Å²) in [6.07, 6.45) is 1.08. The molecule has 0 amide bonds. The van der Waals surface area contributed by atoms with Crippen LogP contribution < -0.4 is 10.1 Å². The molecule has 306 valence electrons. The molecule has 0 saturated carbocycles. The number of pyridine rings is 1. The molecular formula is C40H48Cl2F3N3O7S. The summed E-state index contributed by atoms with van der Waals surface area (Å²) in [7, 11) is 0. The summed E-state index contributed by atoms with van der Waals surface area (Å²) in [6.45, 7) is 4.93. The summed E-state index contributed by atoms with van der Waals surface area (Å²) in [4.78, 5) is 4.81. The number of hydrogen-bond acceptors (Lipinski definition) is 11. The van der Waals surface area contributed by atoms with Gasteiger partial charge in [0, 0.05) is 64.2 Å². The molecule has 56 heavy (non-hydrogen) atoms. The van der Waals surface area contributed by atoms with Crippen LogP contribution in [0.4, 0.5) is 18.9 Å². The Kier molecular flexibility index (Phi) is 18.6. The molecule has 0 radical (unpaired) electrons. The van der Waals surface area contributed by atoms with Gasteiger partial charge >= 0.3 is 5.51 Å². The number of benzene rings is 3. The van der Waals surface area contributed by atoms with Crippen LogP contribution in [0.25, 0.3) is 10.9 Å². The van der Waals surface area contributed by atoms with Crippen molar-refractivity contribution < 1.29 is 46.7 Å². The number of nitrogens with one attached hydrogen (secondary N) is 1. The zero-order valence-corrected chi connectivity index (χ0v) is 33.3. The van der Waals surface area contributed by atoms with E-state index in [1.807, 2.05) is 66.7 Å². The number of hydrogen-bond donors (Lipinski definition) is 2. The number of alkyl halides is 3. The molecule has 0 aliphatic carbocycles. The van der Waals surface area contributed by atoms with E-state index in [1.54, 1.807) is 0 Å². The van der Waals surface area contributed by atoms with E-state index in [0.717, 1.165) is 27.8 Å². The molecule has 0 unspecified atom stereocenters. The van der Waals surface area contributed by atoms with Crippen molar-refractivity contribution in [2.45, 2.75) is 30.3 Å². The van der Waals surface area contributed by atoms with Gasteiger partial charge in [0.15, 0.2) is 0 Å². The number of ether oxygens (including phenoxy) is 6. The fourth-order valence-electron chi connectivity index (χ4n) is 6.19. The van der Waals surface area contributed by atoms with Gasteiger partial charge in [-0.15, -0.1) is 0 Å². The van der Waals surface area contributed by atoms with Gasteiger partial charge in [-0.1, -0.05) is 53.5 Å². The van der Waals surface area contributed by atoms with Crippen LogP contribution in [-0.2, 0) is 23.7 Å². The van der Waals surface area contributed by atoms with E-state index in [4.69, 9.17) is 61.7 Å². The Bertz CT molecular complexity index is 1690. The van der Waals surface area contributed by atoms with Crippen molar-refractivity contribution in [1.82, 2.24) is 9.29 Å². The van der Waals surface area contributed by atoms with Crippen molar-refractivity contribution in [3.05, 3.63) is 99.5 Å². The molecule has 4 aromatic rings. The minimum absolute atomic E-state index is 0.00373. The zero-order chi connectivity index (χ0) is 39.6. The fraction of sp³-hybridized carbons (Fsp3) is 0.475. The third kappa shape index (κ3) is 15.1. The number of aliphatic hydroxyl groups excluding tert-OH is 1. The van der Waals surface area contributed by atoms with Gasteiger partial charge in [0.1, 0.15) is 6.61 Å². The van der Waals surface area contributed by atoms with Crippen LogP contribution in [-0.4, -0.2) is 118 Å². The topological polar surface area (TPSA) is 104 Å². The fourth-order valence-corrected chi connectivity index (χ4v) is 7.13. The smallest absolute Gasteiger partial charge is 0.456 e. The Labute approximate surface area is 340 Å². The first-order chi connectivity index (χ1) is 27.2. The average molecular weight is 843 g/mol. The molecule has 10 nitrogen and oxygen atoms in total. The lowest BCUT2D eigenvalue weighted by molar-refractivity contribution is -0.0366. The number of anilines is 1. The van der Waals surface area contributed by atoms with E-state index in [2.05, 4.69) is 11.4 Å². The molecule has 0 bridgehead atoms. The molecule has 1 aromatic heterocycles. The van der Waals surface area contributed by atoms with Crippen LogP contribution in [0.1, 0.15) is 35.4 Å². The van der Waals surface area contributed by atoms with Gasteiger partial charge in [0.2, 0.25) is 5.88 Å². The van der Waals surface area contributed by atoms with Gasteiger partial charge in [-0.25, -0.2) is 9.29 Å². The summed E-state index contributed by atoms with van der Waals surface area (Å²) in [5.41, 5.74) is 0.298. The van der Waals surface area contributed by atoms with Gasteiger partial charge in [0.25, 0.3) is 0 Å². The molecule has 0 atom stereocenters. The predicted molar refractivity (Wildman–Crippen MR) is 214 cm³/mol. The lowest BCUT2D eigenvalue weighted by Crippen LogP contribution is -2.37. The standard InChI is InChI=1S/C40H48Cl2F3N3O7S/c41-32-6-1-29(2-7-32)39(30-3-8-33(42)9-4-30)31-5-10-36-35(27-31)37(46-34-11-13-48(14-12-34)56-40(43,44)45)28-38(47-36)55-26-25-54-24-23-53-22-21-52-20-19-51-18-17-50-16-15-49/h1-10,27-28,34,39,49H,11-26H2,(H,46,47). The lowest BCUT2D eigenvalue weighted by atomic mass is 9.84. The van der Waals surface area contributed by atoms with E-state index in [-0.39, 0.29) is 37.1 Å². The highest BCUT2D eigenvalue weighted by Gasteiger charge is 2.34. The molecule has 1 aliphatic rings. The normalized spacial score (nSPS) is 14.2. The summed E-state index contributed by atoms with van der Waals surface area (Å²) in [5.74, 6) is 0.270. The van der Waals surface area contributed by atoms with Crippen molar-refractivity contribution in [3.8, 4) is 5.88 Å². The zero-order valence-electron chi connectivity index (χ0n) is 31.0. The summed E-state index contributed by atoms with van der Waals surface area (Å²) >= 11 is 12.5. The number of halogens is 5. The summed E-state index contributed by atoms with van der Waals surface area (Å²) in [6, 6.07) is 23.4. The Morgan fingerprint density at radius 1 is 0.696 bits per heavy atom. The second-order valence-corrected chi connectivity index (χ2v) is 14.9. The van der Waals surface area contributed by atoms with E-state index in [9.17, 15) is 13.2 Å². The first-order valence-electron chi connectivity index (χ1n) is 18.5. The Morgan fingerprint density at radius 3 is 1.68 bits per heavy atom. The number of fused-ring (bicyclic) bond motifs is 1. The van der Waals surface area contributed by atoms with Crippen LogP contribution in [0.2, 0.25) is 10.0 Å². The van der Waals surface area contributed by atoms with Crippen LogP contribution in [0, 0.1) is 0 Å². The van der Waals surface area contributed by atoms with Gasteiger partial charge in [-0.3, -0.25) is 0 Å². The molecule has 1 aliphatic heterocycles. The lowest BCUT2D eigenvalue weighted by Gasteiger charge is -2.32. The van der Waals surface area contributed by atoms with Gasteiger partial charge < -0.3 is 38.8 Å². The molecule has 2 heterocycles. The van der Waals surface area contributed by atoms with Crippen molar-refractivity contribution in [2.75, 3.05) is 97.7 Å². The van der Waals surface area contributed by atoms with E-state index in [0.29, 0.717) is 113 Å². The second-order valence-electron chi connectivity index (χ2n) is 12.8. The Morgan fingerprint density at radius 2 is 1.18 bits per heavy atom. The molecule has 1 fully saturated rings. The van der Waals surface area contributed by atoms with E-state index >= 15 is 0 Å². The van der Waals surface area contributed by atoms with Crippen molar-refractivity contribution in [3.63, 3.8) is 0 Å². The summed E-state index contributed by atoms with van der Waals surface area (Å²) in [5, 5.41) is 14.4. The first-order valence-corrected chi connectivity index (χ1v) is 20.1. The van der Waals surface area contributed by atoms with Crippen LogP contribution in [0.3, 0.4) is 0 Å². The molecule has 1 saturated heterocycles. The molecule has 2 N–H and O–H groups in total. The number of aliphatic hydroxyl groups is 1. The Balaban J connectivity index is 1.19. The van der Waals surface area contributed by atoms with Crippen LogP contribution in [0.5, 0.6) is 5.88 Å². The minimum Gasteiger partial charge on any atom is -0.475 e. The quantitative estimate of drug-likeness (QED) is 0.0406. The third-order valence-electron chi connectivity index (χ3n) is 8.80. The SMILES string of the molecule is OCCOCCOCCOCCOCCOCCOc1cc(NC2CCN(SC(F)(F)F)CC2)c2cc(C(c3ccc(Cl)cc3)c3ccc(Cl)cc3)ccc2n1. The average Bonchev–Trinajstić information content (AvgIpc) is 3.18. The van der Waals surface area contributed by atoms with Gasteiger partial charge in [-0.05, 0) is 65.9 Å². The minimum atomic E-state index is -4.31. The molecule has 16 heteroatoms. The molecule has 0 spiro atoms. The molecular weight excluding hydrogens is 794 g/mol. The highest BCUT2D eigenvalue weighted by atomic mass is 35.5. The molecule has 3 aromatic carbocycles. The molecule has 5 rings (SSSR count). The maximum atomic E-state index is 13.0. The number of nitrogens with zero attached hydrogens (tertiary/aromatic N) is 2. The van der Waals surface area contributed by atoms with Gasteiger partial charge in [0.05, 0.1) is 78.2 Å². The second kappa shape index (κ2) is 23.5. The van der Waals surface area contributed by atoms with Crippen molar-refractivity contribution in [2.24, 2.45) is 0 Å². The number of rotatable bonds is 24. The summed E-state index contributed by atoms with van der Waals surface area (Å²) < 4.78 is 73.8. The number of piperidine rings is 1. The third-order valence-corrected chi connectivity index (χ3v) is 10.1. The van der Waals surface area contributed by atoms with Crippen molar-refractivity contribution in [1.29, 1.82) is 0 Å². The monoisotopic (exact) mass is 841 g/mol. The Hall–Kier alpha value is -2.89. The van der Waals surface area contributed by atoms with Gasteiger partial charge in [-0.2, -0.15) is 13.2 Å². The number of aromatic nitrogens is 1. The maximum Gasteiger partial charge on any atom is 0.456 e. The predicted octanol–water partition coefficient (Wildman–Crippen LogP) is 8.22.